The Morgan fingerprint density at radius 3 is 1.83 bits per heavy atom. The van der Waals surface area contributed by atoms with Gasteiger partial charge in [-0.05, 0) is 12.1 Å². The number of carbonyl (C=O) groups excluding carboxylic acids is 4. The molecule has 2 rings (SSSR count). The van der Waals surface area contributed by atoms with Crippen molar-refractivity contribution in [1.82, 2.24) is 0 Å². The van der Waals surface area contributed by atoms with Crippen molar-refractivity contribution in [2.75, 3.05) is 6.61 Å². The van der Waals surface area contributed by atoms with E-state index in [1.165, 1.54) is 6.92 Å². The predicted molar refractivity (Wildman–Crippen MR) is 99.0 cm³/mol. The summed E-state index contributed by atoms with van der Waals surface area (Å²) >= 11 is 0. The molecule has 0 bridgehead atoms. The van der Waals surface area contributed by atoms with Crippen molar-refractivity contribution in [2.45, 2.75) is 58.4 Å². The van der Waals surface area contributed by atoms with E-state index in [4.69, 9.17) is 28.4 Å². The van der Waals surface area contributed by atoms with Gasteiger partial charge in [-0.15, -0.1) is 0 Å². The highest BCUT2D eigenvalue weighted by Gasteiger charge is 2.53. The third kappa shape index (κ3) is 6.73. The van der Waals surface area contributed by atoms with Crippen LogP contribution in [0.4, 0.5) is 0 Å². The molecule has 0 aromatic heterocycles. The number of ether oxygens (including phenoxy) is 6. The van der Waals surface area contributed by atoms with Gasteiger partial charge in [0, 0.05) is 27.7 Å². The Hall–Kier alpha value is -3.14. The number of esters is 4. The Bertz CT molecular complexity index is 762. The van der Waals surface area contributed by atoms with Gasteiger partial charge in [-0.3, -0.25) is 19.2 Å². The van der Waals surface area contributed by atoms with Crippen molar-refractivity contribution >= 4 is 23.9 Å². The van der Waals surface area contributed by atoms with Crippen molar-refractivity contribution in [3.05, 3.63) is 30.3 Å². The minimum absolute atomic E-state index is 0.313. The fourth-order valence-corrected chi connectivity index (χ4v) is 2.92. The summed E-state index contributed by atoms with van der Waals surface area (Å²) in [5, 5.41) is 0. The summed E-state index contributed by atoms with van der Waals surface area (Å²) in [6.07, 6.45) is -6.04. The highest BCUT2D eigenvalue weighted by Crippen LogP contribution is 2.30. The Balaban J connectivity index is 2.42. The van der Waals surface area contributed by atoms with Crippen LogP contribution in [-0.2, 0) is 42.9 Å². The third-order valence-electron chi connectivity index (χ3n) is 3.94. The van der Waals surface area contributed by atoms with Crippen LogP contribution in [0.15, 0.2) is 30.3 Å². The van der Waals surface area contributed by atoms with E-state index in [0.717, 1.165) is 20.8 Å². The molecule has 0 unspecified atom stereocenters. The number of carbonyl (C=O) groups is 4. The maximum absolute atomic E-state index is 11.7. The zero-order chi connectivity index (χ0) is 22.3. The Kier molecular flexibility index (Phi) is 8.16. The van der Waals surface area contributed by atoms with Gasteiger partial charge in [0.15, 0.2) is 12.2 Å². The van der Waals surface area contributed by atoms with Gasteiger partial charge in [0.05, 0.1) is 0 Å². The van der Waals surface area contributed by atoms with Gasteiger partial charge in [-0.1, -0.05) is 18.2 Å². The first-order chi connectivity index (χ1) is 14.2. The summed E-state index contributed by atoms with van der Waals surface area (Å²) in [5.41, 5.74) is 0. The molecule has 0 saturated carbocycles. The Labute approximate surface area is 173 Å². The lowest BCUT2D eigenvalue weighted by atomic mass is 9.98. The average molecular weight is 424 g/mol. The largest absolute Gasteiger partial charge is 0.463 e. The number of rotatable bonds is 7. The predicted octanol–water partition coefficient (Wildman–Crippen LogP) is 1.15. The van der Waals surface area contributed by atoms with E-state index < -0.39 is 54.6 Å². The molecule has 1 fully saturated rings. The lowest BCUT2D eigenvalue weighted by Gasteiger charge is -2.43. The fourth-order valence-electron chi connectivity index (χ4n) is 2.92. The summed E-state index contributed by atoms with van der Waals surface area (Å²) < 4.78 is 32.6. The normalized spacial score (nSPS) is 25.5. The fraction of sp³-hybridized carbons (Fsp3) is 0.500. The number of benzene rings is 1. The highest BCUT2D eigenvalue weighted by molar-refractivity contribution is 5.68. The lowest BCUT2D eigenvalue weighted by molar-refractivity contribution is -0.288. The average Bonchev–Trinajstić information content (AvgIpc) is 2.64. The monoisotopic (exact) mass is 424 g/mol. The quantitative estimate of drug-likeness (QED) is 0.465. The second kappa shape index (κ2) is 10.6. The lowest BCUT2D eigenvalue weighted by Crippen LogP contribution is -2.63. The molecule has 1 aliphatic heterocycles. The molecule has 5 atom stereocenters. The summed E-state index contributed by atoms with van der Waals surface area (Å²) in [6.45, 7) is 4.36. The van der Waals surface area contributed by atoms with Crippen LogP contribution in [0.1, 0.15) is 27.7 Å². The van der Waals surface area contributed by atoms with Crippen LogP contribution < -0.4 is 4.74 Å². The number of hydrogen-bond donors (Lipinski definition) is 0. The summed E-state index contributed by atoms with van der Waals surface area (Å²) in [5.74, 6) is -2.30. The molecule has 10 heteroatoms. The maximum Gasteiger partial charge on any atom is 0.303 e. The molecule has 0 aliphatic carbocycles. The van der Waals surface area contributed by atoms with E-state index in [1.54, 1.807) is 30.3 Å². The molecule has 30 heavy (non-hydrogen) atoms. The van der Waals surface area contributed by atoms with Gasteiger partial charge in [-0.25, -0.2) is 0 Å². The minimum Gasteiger partial charge on any atom is -0.463 e. The van der Waals surface area contributed by atoms with E-state index in [1.807, 2.05) is 0 Å². The molecular formula is C20H24O10. The Morgan fingerprint density at radius 2 is 1.30 bits per heavy atom. The van der Waals surface area contributed by atoms with Crippen molar-refractivity contribution in [3.63, 3.8) is 0 Å². The van der Waals surface area contributed by atoms with Crippen LogP contribution in [0, 0.1) is 0 Å². The second-order valence-electron chi connectivity index (χ2n) is 6.50. The first-order valence-corrected chi connectivity index (χ1v) is 9.19. The van der Waals surface area contributed by atoms with Crippen LogP contribution in [0.2, 0.25) is 0 Å². The molecule has 1 saturated heterocycles. The van der Waals surface area contributed by atoms with E-state index in [9.17, 15) is 19.2 Å². The van der Waals surface area contributed by atoms with Crippen LogP contribution in [0.5, 0.6) is 5.75 Å². The molecule has 164 valence electrons. The second-order valence-corrected chi connectivity index (χ2v) is 6.50. The van der Waals surface area contributed by atoms with E-state index in [2.05, 4.69) is 0 Å². The summed E-state index contributed by atoms with van der Waals surface area (Å²) in [7, 11) is 0. The van der Waals surface area contributed by atoms with Crippen molar-refractivity contribution < 1.29 is 47.6 Å². The number of hydrogen-bond acceptors (Lipinski definition) is 10. The number of para-hydroxylation sites is 1. The molecule has 1 aromatic rings. The smallest absolute Gasteiger partial charge is 0.303 e. The molecule has 1 heterocycles. The summed E-state index contributed by atoms with van der Waals surface area (Å²) in [6, 6.07) is 8.52. The zero-order valence-electron chi connectivity index (χ0n) is 17.1. The van der Waals surface area contributed by atoms with E-state index >= 15 is 0 Å². The molecular weight excluding hydrogens is 400 g/mol. The standard InChI is InChI=1S/C20H24O10/c1-11(21)25-10-16-17(26-12(2)22)18(27-13(3)23)19(28-14(4)24)20(30-16)29-15-8-6-5-7-9-15/h5-9,16-20H,10H2,1-4H3/t16-,17-,18+,19-,20+/m0/s1. The molecule has 0 radical (unpaired) electrons. The topological polar surface area (TPSA) is 124 Å². The third-order valence-corrected chi connectivity index (χ3v) is 3.94. The maximum atomic E-state index is 11.7. The van der Waals surface area contributed by atoms with E-state index in [-0.39, 0.29) is 6.61 Å². The minimum atomic E-state index is -1.27. The molecule has 0 amide bonds. The zero-order valence-corrected chi connectivity index (χ0v) is 17.1. The van der Waals surface area contributed by atoms with Crippen LogP contribution in [-0.4, -0.2) is 61.2 Å². The van der Waals surface area contributed by atoms with Gasteiger partial charge < -0.3 is 28.4 Å². The first kappa shape index (κ1) is 23.1. The first-order valence-electron chi connectivity index (χ1n) is 9.19. The summed E-state index contributed by atoms with van der Waals surface area (Å²) in [4.78, 5) is 46.4. The van der Waals surface area contributed by atoms with Crippen molar-refractivity contribution in [2.24, 2.45) is 0 Å². The molecule has 0 N–H and O–H groups in total. The van der Waals surface area contributed by atoms with Crippen LogP contribution in [0.3, 0.4) is 0 Å². The van der Waals surface area contributed by atoms with Crippen LogP contribution >= 0.6 is 0 Å². The highest BCUT2D eigenvalue weighted by atomic mass is 16.7. The van der Waals surface area contributed by atoms with Gasteiger partial charge in [0.2, 0.25) is 12.4 Å². The van der Waals surface area contributed by atoms with Gasteiger partial charge in [0.1, 0.15) is 18.5 Å². The van der Waals surface area contributed by atoms with Crippen molar-refractivity contribution in [3.8, 4) is 5.75 Å². The molecule has 0 spiro atoms. The SMILES string of the molecule is CC(=O)OC[C@@H]1O[C@@H](Oc2ccccc2)[C@@H](OC(C)=O)[C@H](OC(C)=O)[C@H]1OC(C)=O. The Morgan fingerprint density at radius 1 is 0.767 bits per heavy atom. The molecule has 10 nitrogen and oxygen atoms in total. The van der Waals surface area contributed by atoms with Gasteiger partial charge in [0.25, 0.3) is 0 Å². The molecule has 1 aliphatic rings. The molecule has 1 aromatic carbocycles. The van der Waals surface area contributed by atoms with Crippen molar-refractivity contribution in [1.29, 1.82) is 0 Å². The van der Waals surface area contributed by atoms with E-state index in [0.29, 0.717) is 5.75 Å². The van der Waals surface area contributed by atoms with Gasteiger partial charge >= 0.3 is 23.9 Å². The van der Waals surface area contributed by atoms with Gasteiger partial charge in [-0.2, -0.15) is 0 Å². The van der Waals surface area contributed by atoms with Crippen LogP contribution in [0.25, 0.3) is 0 Å².